The summed E-state index contributed by atoms with van der Waals surface area (Å²) >= 11 is 0. The van der Waals surface area contributed by atoms with Crippen LogP contribution >= 0.6 is 0 Å². The summed E-state index contributed by atoms with van der Waals surface area (Å²) in [6.07, 6.45) is 1.39. The van der Waals surface area contributed by atoms with E-state index in [0.717, 1.165) is 18.5 Å². The smallest absolute Gasteiger partial charge is 0.175 e. The molecule has 0 bridgehead atoms. The molecule has 0 saturated heterocycles. The van der Waals surface area contributed by atoms with Crippen molar-refractivity contribution in [2.75, 3.05) is 13.6 Å². The van der Waals surface area contributed by atoms with Gasteiger partial charge in [-0.1, -0.05) is 12.1 Å². The molecule has 0 aliphatic carbocycles. The summed E-state index contributed by atoms with van der Waals surface area (Å²) in [5, 5.41) is 15.2. The lowest BCUT2D eigenvalue weighted by Crippen LogP contribution is -2.16. The van der Waals surface area contributed by atoms with E-state index in [1.54, 1.807) is 10.9 Å². The number of hydrogen-bond donors (Lipinski definition) is 1. The molecule has 2 aromatic rings. The van der Waals surface area contributed by atoms with Crippen molar-refractivity contribution in [1.29, 1.82) is 0 Å². The van der Waals surface area contributed by atoms with E-state index in [0.29, 0.717) is 18.8 Å². The molecule has 0 aliphatic rings. The zero-order valence-corrected chi connectivity index (χ0v) is 10.3. The van der Waals surface area contributed by atoms with Crippen LogP contribution in [0.2, 0.25) is 0 Å². The Morgan fingerprint density at radius 3 is 3.00 bits per heavy atom. The summed E-state index contributed by atoms with van der Waals surface area (Å²) in [5.74, 6) is 0.480. The van der Waals surface area contributed by atoms with Crippen molar-refractivity contribution in [3.8, 4) is 0 Å². The van der Waals surface area contributed by atoms with E-state index in [9.17, 15) is 4.39 Å². The summed E-state index contributed by atoms with van der Waals surface area (Å²) < 4.78 is 13.0. The molecule has 0 spiro atoms. The Kier molecular flexibility index (Phi) is 4.35. The van der Waals surface area contributed by atoms with Gasteiger partial charge in [0, 0.05) is 13.0 Å². The summed E-state index contributed by atoms with van der Waals surface area (Å²) in [6, 6.07) is 6.58. The number of hydrogen-bond acceptors (Lipinski definition) is 4. The van der Waals surface area contributed by atoms with Crippen LogP contribution in [-0.4, -0.2) is 33.8 Å². The number of rotatable bonds is 6. The molecule has 6 heteroatoms. The third-order valence-corrected chi connectivity index (χ3v) is 2.58. The van der Waals surface area contributed by atoms with Gasteiger partial charge in [0.1, 0.15) is 5.82 Å². The maximum atomic E-state index is 13.0. The van der Waals surface area contributed by atoms with Gasteiger partial charge < -0.3 is 5.32 Å². The minimum atomic E-state index is -0.210. The third-order valence-electron chi connectivity index (χ3n) is 2.58. The number of benzene rings is 1. The minimum Gasteiger partial charge on any atom is -0.318 e. The highest BCUT2D eigenvalue weighted by atomic mass is 19.1. The van der Waals surface area contributed by atoms with E-state index in [1.165, 1.54) is 12.1 Å². The molecule has 1 N–H and O–H groups in total. The molecule has 1 aromatic carbocycles. The van der Waals surface area contributed by atoms with Crippen LogP contribution in [0.25, 0.3) is 0 Å². The van der Waals surface area contributed by atoms with Crippen molar-refractivity contribution >= 4 is 0 Å². The van der Waals surface area contributed by atoms with Crippen LogP contribution in [-0.2, 0) is 19.4 Å². The normalized spacial score (nSPS) is 10.8. The fourth-order valence-electron chi connectivity index (χ4n) is 1.63. The molecule has 0 radical (unpaired) electrons. The van der Waals surface area contributed by atoms with E-state index >= 15 is 0 Å². The minimum absolute atomic E-state index is 0.210. The SMILES string of the molecule is CNCCn1nnc(CCc2cccc(F)c2)n1. The molecule has 0 amide bonds. The fourth-order valence-corrected chi connectivity index (χ4v) is 1.63. The Labute approximate surface area is 105 Å². The molecule has 0 fully saturated rings. The van der Waals surface area contributed by atoms with Crippen LogP contribution in [0.3, 0.4) is 0 Å². The summed E-state index contributed by atoms with van der Waals surface area (Å²) in [5.41, 5.74) is 0.946. The first kappa shape index (κ1) is 12.6. The molecular formula is C12H16FN5. The second kappa shape index (κ2) is 6.20. The van der Waals surface area contributed by atoms with Crippen LogP contribution in [0, 0.1) is 5.82 Å². The molecule has 0 atom stereocenters. The lowest BCUT2D eigenvalue weighted by molar-refractivity contribution is 0.505. The van der Waals surface area contributed by atoms with Gasteiger partial charge in [0.25, 0.3) is 0 Å². The maximum absolute atomic E-state index is 13.0. The highest BCUT2D eigenvalue weighted by Gasteiger charge is 2.03. The van der Waals surface area contributed by atoms with Crippen LogP contribution in [0.5, 0.6) is 0 Å². The first-order valence-corrected chi connectivity index (χ1v) is 5.93. The van der Waals surface area contributed by atoms with Gasteiger partial charge in [0.05, 0.1) is 6.54 Å². The van der Waals surface area contributed by atoms with Gasteiger partial charge in [-0.05, 0) is 36.4 Å². The second-order valence-corrected chi connectivity index (χ2v) is 4.04. The summed E-state index contributed by atoms with van der Waals surface area (Å²) in [7, 11) is 1.88. The third kappa shape index (κ3) is 3.59. The zero-order chi connectivity index (χ0) is 12.8. The molecule has 1 aromatic heterocycles. The monoisotopic (exact) mass is 249 g/mol. The van der Waals surface area contributed by atoms with Gasteiger partial charge in [-0.3, -0.25) is 0 Å². The van der Waals surface area contributed by atoms with E-state index in [1.807, 2.05) is 13.1 Å². The number of nitrogens with zero attached hydrogens (tertiary/aromatic N) is 4. The van der Waals surface area contributed by atoms with Gasteiger partial charge in [-0.25, -0.2) is 4.39 Å². The topological polar surface area (TPSA) is 55.6 Å². The number of aryl methyl sites for hydroxylation is 2. The van der Waals surface area contributed by atoms with E-state index in [4.69, 9.17) is 0 Å². The number of nitrogens with one attached hydrogen (secondary N) is 1. The lowest BCUT2D eigenvalue weighted by Gasteiger charge is -1.98. The highest BCUT2D eigenvalue weighted by Crippen LogP contribution is 2.06. The Bertz CT molecular complexity index is 497. The van der Waals surface area contributed by atoms with E-state index < -0.39 is 0 Å². The Morgan fingerprint density at radius 2 is 2.22 bits per heavy atom. The first-order valence-electron chi connectivity index (χ1n) is 5.93. The van der Waals surface area contributed by atoms with E-state index in [-0.39, 0.29) is 5.82 Å². The van der Waals surface area contributed by atoms with E-state index in [2.05, 4.69) is 20.7 Å². The maximum Gasteiger partial charge on any atom is 0.175 e. The van der Waals surface area contributed by atoms with Crippen LogP contribution in [0.1, 0.15) is 11.4 Å². The largest absolute Gasteiger partial charge is 0.318 e. The fraction of sp³-hybridized carbons (Fsp3) is 0.417. The summed E-state index contributed by atoms with van der Waals surface area (Å²) in [6.45, 7) is 1.50. The van der Waals surface area contributed by atoms with Crippen LogP contribution < -0.4 is 5.32 Å². The van der Waals surface area contributed by atoms with Crippen molar-refractivity contribution in [1.82, 2.24) is 25.5 Å². The standard InChI is InChI=1S/C12H16FN5/c1-14-7-8-18-16-12(15-17-18)6-5-10-3-2-4-11(13)9-10/h2-4,9,14H,5-8H2,1H3. The zero-order valence-electron chi connectivity index (χ0n) is 10.3. The van der Waals surface area contributed by atoms with Crippen molar-refractivity contribution in [2.24, 2.45) is 0 Å². The van der Waals surface area contributed by atoms with Crippen molar-refractivity contribution in [3.05, 3.63) is 41.5 Å². The number of likely N-dealkylation sites (N-methyl/N-ethyl adjacent to an activating group) is 1. The molecule has 2 rings (SSSR count). The van der Waals surface area contributed by atoms with Gasteiger partial charge >= 0.3 is 0 Å². The van der Waals surface area contributed by atoms with Crippen molar-refractivity contribution in [3.63, 3.8) is 0 Å². The first-order chi connectivity index (χ1) is 8.78. The van der Waals surface area contributed by atoms with Gasteiger partial charge in [0.15, 0.2) is 5.82 Å². The predicted octanol–water partition coefficient (Wildman–Crippen LogP) is 0.817. The predicted molar refractivity (Wildman–Crippen MR) is 65.6 cm³/mol. The number of tetrazole rings is 1. The van der Waals surface area contributed by atoms with Crippen LogP contribution in [0.15, 0.2) is 24.3 Å². The average molecular weight is 249 g/mol. The van der Waals surface area contributed by atoms with Gasteiger partial charge in [-0.2, -0.15) is 4.80 Å². The Balaban J connectivity index is 1.88. The molecule has 5 nitrogen and oxygen atoms in total. The molecule has 0 aliphatic heterocycles. The molecule has 0 unspecified atom stereocenters. The molecular weight excluding hydrogens is 233 g/mol. The van der Waals surface area contributed by atoms with Crippen molar-refractivity contribution < 1.29 is 4.39 Å². The second-order valence-electron chi connectivity index (χ2n) is 4.04. The molecule has 0 saturated carbocycles. The number of aromatic nitrogens is 4. The number of halogens is 1. The van der Waals surface area contributed by atoms with Crippen molar-refractivity contribution in [2.45, 2.75) is 19.4 Å². The lowest BCUT2D eigenvalue weighted by atomic mass is 10.1. The average Bonchev–Trinajstić information content (AvgIpc) is 2.82. The molecule has 18 heavy (non-hydrogen) atoms. The molecule has 96 valence electrons. The molecule has 1 heterocycles. The Morgan fingerprint density at radius 1 is 1.33 bits per heavy atom. The van der Waals surface area contributed by atoms with Gasteiger partial charge in [-0.15, -0.1) is 10.2 Å². The highest BCUT2D eigenvalue weighted by molar-refractivity contribution is 5.16. The van der Waals surface area contributed by atoms with Crippen LogP contribution in [0.4, 0.5) is 4.39 Å². The summed E-state index contributed by atoms with van der Waals surface area (Å²) in [4.78, 5) is 1.57. The van der Waals surface area contributed by atoms with Gasteiger partial charge in [0.2, 0.25) is 0 Å². The Hall–Kier alpha value is -1.82. The quantitative estimate of drug-likeness (QED) is 0.823.